The van der Waals surface area contributed by atoms with Crippen molar-refractivity contribution in [2.75, 3.05) is 18.0 Å². The Kier molecular flexibility index (Phi) is 3.18. The summed E-state index contributed by atoms with van der Waals surface area (Å²) in [7, 11) is 0. The minimum atomic E-state index is 0.346. The Balaban J connectivity index is 1.94. The second kappa shape index (κ2) is 4.68. The number of ether oxygens (including phenoxy) is 1. The molecule has 0 aromatic heterocycles. The molecule has 96 valence electrons. The Hall–Kier alpha value is -0.840. The highest BCUT2D eigenvalue weighted by Gasteiger charge is 2.34. The predicted molar refractivity (Wildman–Crippen MR) is 77.4 cm³/mol. The highest BCUT2D eigenvalue weighted by Crippen LogP contribution is 2.32. The van der Waals surface area contributed by atoms with E-state index in [1.807, 2.05) is 18.2 Å². The monoisotopic (exact) mass is 282 g/mol. The van der Waals surface area contributed by atoms with Gasteiger partial charge in [-0.3, -0.25) is 0 Å². The molecular formula is C13H15ClN2OS. The van der Waals surface area contributed by atoms with Crippen molar-refractivity contribution in [3.05, 3.63) is 28.8 Å². The average Bonchev–Trinajstić information content (AvgIpc) is 2.68. The van der Waals surface area contributed by atoms with Crippen molar-refractivity contribution in [2.45, 2.75) is 25.0 Å². The van der Waals surface area contributed by atoms with Crippen molar-refractivity contribution in [2.24, 2.45) is 5.73 Å². The summed E-state index contributed by atoms with van der Waals surface area (Å²) in [6.07, 6.45) is 2.99. The summed E-state index contributed by atoms with van der Waals surface area (Å²) in [5.74, 6) is 0. The average molecular weight is 283 g/mol. The highest BCUT2D eigenvalue weighted by atomic mass is 35.5. The maximum atomic E-state index is 6.01. The Morgan fingerprint density at radius 3 is 2.61 bits per heavy atom. The number of nitrogens with two attached hydrogens (primary N) is 1. The van der Waals surface area contributed by atoms with Crippen LogP contribution in [0.1, 0.15) is 18.4 Å². The lowest BCUT2D eigenvalue weighted by molar-refractivity contribution is 0.0305. The largest absolute Gasteiger partial charge is 0.389 e. The number of halogens is 1. The first-order valence-corrected chi connectivity index (χ1v) is 6.92. The van der Waals surface area contributed by atoms with Crippen LogP contribution in [-0.2, 0) is 4.74 Å². The first kappa shape index (κ1) is 12.2. The van der Waals surface area contributed by atoms with Gasteiger partial charge in [-0.2, -0.15) is 0 Å². The van der Waals surface area contributed by atoms with Crippen molar-refractivity contribution in [3.8, 4) is 0 Å². The number of hydrogen-bond donors (Lipinski definition) is 1. The standard InChI is InChI=1S/C13H15ClN2OS/c14-8-1-4-12(11(5-8)13(15)18)16-6-9-2-3-10(7-16)17-9/h1,4-5,9-10H,2-3,6-7H2,(H2,15,18). The fourth-order valence-corrected chi connectivity index (χ4v) is 3.13. The molecule has 5 heteroatoms. The number of fused-ring (bicyclic) bond motifs is 2. The van der Waals surface area contributed by atoms with Gasteiger partial charge < -0.3 is 15.4 Å². The fraction of sp³-hybridized carbons (Fsp3) is 0.462. The molecular weight excluding hydrogens is 268 g/mol. The molecule has 3 rings (SSSR count). The Labute approximate surface area is 117 Å². The predicted octanol–water partition coefficient (Wildman–Crippen LogP) is 2.34. The molecule has 1 aromatic rings. The van der Waals surface area contributed by atoms with E-state index >= 15 is 0 Å². The molecule has 2 aliphatic rings. The molecule has 2 N–H and O–H groups in total. The Morgan fingerprint density at radius 2 is 2.00 bits per heavy atom. The molecule has 3 nitrogen and oxygen atoms in total. The summed E-state index contributed by atoms with van der Waals surface area (Å²) in [5, 5.41) is 0.665. The van der Waals surface area contributed by atoms with E-state index in [1.54, 1.807) is 0 Å². The molecule has 0 aliphatic carbocycles. The van der Waals surface area contributed by atoms with Crippen molar-refractivity contribution < 1.29 is 4.74 Å². The van der Waals surface area contributed by atoms with Crippen LogP contribution in [0.4, 0.5) is 5.69 Å². The number of morpholine rings is 1. The number of rotatable bonds is 2. The normalized spacial score (nSPS) is 26.4. The van der Waals surface area contributed by atoms with Gasteiger partial charge >= 0.3 is 0 Å². The van der Waals surface area contributed by atoms with Gasteiger partial charge in [-0.05, 0) is 31.0 Å². The van der Waals surface area contributed by atoms with Crippen molar-refractivity contribution in [3.63, 3.8) is 0 Å². The second-order valence-electron chi connectivity index (χ2n) is 4.89. The van der Waals surface area contributed by atoms with Gasteiger partial charge in [0.25, 0.3) is 0 Å². The quantitative estimate of drug-likeness (QED) is 0.845. The number of anilines is 1. The molecule has 2 bridgehead atoms. The van der Waals surface area contributed by atoms with Gasteiger partial charge in [0.1, 0.15) is 4.99 Å². The van der Waals surface area contributed by atoms with Gasteiger partial charge in [-0.1, -0.05) is 23.8 Å². The van der Waals surface area contributed by atoms with E-state index in [1.165, 1.54) is 0 Å². The summed E-state index contributed by atoms with van der Waals surface area (Å²) >= 11 is 11.1. The zero-order valence-electron chi connectivity index (χ0n) is 9.93. The van der Waals surface area contributed by atoms with Crippen LogP contribution in [0.5, 0.6) is 0 Å². The smallest absolute Gasteiger partial charge is 0.106 e. The zero-order chi connectivity index (χ0) is 12.7. The molecule has 2 heterocycles. The lowest BCUT2D eigenvalue weighted by Gasteiger charge is -2.35. The van der Waals surface area contributed by atoms with Crippen molar-refractivity contribution >= 4 is 34.5 Å². The molecule has 2 fully saturated rings. The van der Waals surface area contributed by atoms with Crippen LogP contribution in [0.3, 0.4) is 0 Å². The molecule has 0 spiro atoms. The van der Waals surface area contributed by atoms with Crippen LogP contribution in [0.2, 0.25) is 5.02 Å². The molecule has 2 unspecified atom stereocenters. The van der Waals surface area contributed by atoms with E-state index in [9.17, 15) is 0 Å². The zero-order valence-corrected chi connectivity index (χ0v) is 11.5. The molecule has 2 aliphatic heterocycles. The van der Waals surface area contributed by atoms with Crippen LogP contribution in [0, 0.1) is 0 Å². The lowest BCUT2D eigenvalue weighted by atomic mass is 10.1. The summed E-state index contributed by atoms with van der Waals surface area (Å²) in [4.78, 5) is 2.71. The molecule has 0 amide bonds. The third-order valence-electron chi connectivity index (χ3n) is 3.61. The first-order chi connectivity index (χ1) is 8.63. The third kappa shape index (κ3) is 2.20. The molecule has 1 aromatic carbocycles. The van der Waals surface area contributed by atoms with E-state index in [0.717, 1.165) is 37.2 Å². The molecule has 0 radical (unpaired) electrons. The van der Waals surface area contributed by atoms with E-state index in [2.05, 4.69) is 4.90 Å². The van der Waals surface area contributed by atoms with E-state index < -0.39 is 0 Å². The van der Waals surface area contributed by atoms with Crippen molar-refractivity contribution in [1.82, 2.24) is 0 Å². The maximum Gasteiger partial charge on any atom is 0.106 e. The van der Waals surface area contributed by atoms with Crippen LogP contribution < -0.4 is 10.6 Å². The van der Waals surface area contributed by atoms with Gasteiger partial charge in [-0.15, -0.1) is 0 Å². The van der Waals surface area contributed by atoms with Crippen LogP contribution in [-0.4, -0.2) is 30.3 Å². The molecule has 2 atom stereocenters. The van der Waals surface area contributed by atoms with E-state index in [0.29, 0.717) is 22.2 Å². The Morgan fingerprint density at radius 1 is 1.33 bits per heavy atom. The third-order valence-corrected chi connectivity index (χ3v) is 4.06. The summed E-state index contributed by atoms with van der Waals surface area (Å²) in [6.45, 7) is 1.82. The van der Waals surface area contributed by atoms with Gasteiger partial charge in [0.15, 0.2) is 0 Å². The summed E-state index contributed by atoms with van der Waals surface area (Å²) in [5.41, 5.74) is 7.73. The lowest BCUT2D eigenvalue weighted by Crippen LogP contribution is -2.43. The topological polar surface area (TPSA) is 38.5 Å². The minimum absolute atomic E-state index is 0.346. The molecule has 2 saturated heterocycles. The van der Waals surface area contributed by atoms with E-state index in [4.69, 9.17) is 34.3 Å². The van der Waals surface area contributed by atoms with Gasteiger partial charge in [0, 0.05) is 29.4 Å². The van der Waals surface area contributed by atoms with Crippen LogP contribution in [0.25, 0.3) is 0 Å². The molecule has 18 heavy (non-hydrogen) atoms. The Bertz CT molecular complexity index is 482. The number of hydrogen-bond acceptors (Lipinski definition) is 3. The van der Waals surface area contributed by atoms with Crippen LogP contribution in [0.15, 0.2) is 18.2 Å². The van der Waals surface area contributed by atoms with Gasteiger partial charge in [-0.25, -0.2) is 0 Å². The second-order valence-corrected chi connectivity index (χ2v) is 5.76. The summed E-state index contributed by atoms with van der Waals surface area (Å²) < 4.78 is 5.84. The number of nitrogens with zero attached hydrogens (tertiary/aromatic N) is 1. The highest BCUT2D eigenvalue weighted by molar-refractivity contribution is 7.80. The van der Waals surface area contributed by atoms with Crippen LogP contribution >= 0.6 is 23.8 Å². The van der Waals surface area contributed by atoms with Gasteiger partial charge in [0.2, 0.25) is 0 Å². The fourth-order valence-electron chi connectivity index (χ4n) is 2.79. The molecule has 0 saturated carbocycles. The van der Waals surface area contributed by atoms with Gasteiger partial charge in [0.05, 0.1) is 12.2 Å². The minimum Gasteiger partial charge on any atom is -0.389 e. The SMILES string of the molecule is NC(=S)c1cc(Cl)ccc1N1CC2CCC(C1)O2. The maximum absolute atomic E-state index is 6.01. The number of benzene rings is 1. The number of thiocarbonyl (C=S) groups is 1. The first-order valence-electron chi connectivity index (χ1n) is 6.13. The van der Waals surface area contributed by atoms with Crippen molar-refractivity contribution in [1.29, 1.82) is 0 Å². The summed E-state index contributed by atoms with van der Waals surface area (Å²) in [6, 6.07) is 5.73. The van der Waals surface area contributed by atoms with E-state index in [-0.39, 0.29) is 0 Å².